The highest BCUT2D eigenvalue weighted by molar-refractivity contribution is 6.36. The summed E-state index contributed by atoms with van der Waals surface area (Å²) >= 11 is 11.5. The molecule has 0 bridgehead atoms. The van der Waals surface area contributed by atoms with Crippen molar-refractivity contribution in [1.82, 2.24) is 15.8 Å². The summed E-state index contributed by atoms with van der Waals surface area (Å²) in [4.78, 5) is 37.4. The van der Waals surface area contributed by atoms with Gasteiger partial charge in [-0.15, -0.1) is 0 Å². The smallest absolute Gasteiger partial charge is 0.322 e. The van der Waals surface area contributed by atoms with Crippen molar-refractivity contribution in [1.29, 1.82) is 0 Å². The Morgan fingerprint density at radius 2 is 1.86 bits per heavy atom. The fourth-order valence-corrected chi connectivity index (χ4v) is 3.32. The number of nitrogens with zero attached hydrogens (tertiary/aromatic N) is 1. The minimum absolute atomic E-state index is 0.109. The number of hydrazine groups is 1. The van der Waals surface area contributed by atoms with Gasteiger partial charge in [0, 0.05) is 0 Å². The number of carbonyl (C=O) groups excluding carboxylic acids is 3. The average molecular weight is 424 g/mol. The van der Waals surface area contributed by atoms with E-state index in [9.17, 15) is 18.8 Å². The van der Waals surface area contributed by atoms with Gasteiger partial charge in [-0.05, 0) is 37.5 Å². The quantitative estimate of drug-likeness (QED) is 0.568. The van der Waals surface area contributed by atoms with E-state index < -0.39 is 29.2 Å². The van der Waals surface area contributed by atoms with Crippen molar-refractivity contribution in [3.63, 3.8) is 0 Å². The molecule has 4 amide bonds. The Bertz CT molecular complexity index is 955. The summed E-state index contributed by atoms with van der Waals surface area (Å²) in [7, 11) is 0. The number of rotatable bonds is 5. The molecule has 1 aliphatic rings. The first-order chi connectivity index (χ1) is 13.2. The lowest BCUT2D eigenvalue weighted by atomic mass is 9.93. The molecule has 0 aliphatic carbocycles. The number of carbonyl (C=O) groups is 3. The molecule has 9 heteroatoms. The van der Waals surface area contributed by atoms with Gasteiger partial charge >= 0.3 is 6.03 Å². The zero-order valence-electron chi connectivity index (χ0n) is 14.8. The van der Waals surface area contributed by atoms with Crippen LogP contribution in [0.5, 0.6) is 0 Å². The SMILES string of the molecule is CC1(CCc2ccccc2)NC(=O)N(NC(=O)c2cc(F)c(Cl)cc2Cl)C1=O. The van der Waals surface area contributed by atoms with E-state index in [1.165, 1.54) is 0 Å². The fourth-order valence-electron chi connectivity index (χ4n) is 2.85. The van der Waals surface area contributed by atoms with Crippen LogP contribution in [-0.4, -0.2) is 28.4 Å². The molecule has 0 saturated carbocycles. The second kappa shape index (κ2) is 7.77. The number of imide groups is 1. The lowest BCUT2D eigenvalue weighted by Gasteiger charge is -2.21. The van der Waals surface area contributed by atoms with E-state index in [0.717, 1.165) is 17.7 Å². The van der Waals surface area contributed by atoms with Crippen molar-refractivity contribution >= 4 is 41.0 Å². The van der Waals surface area contributed by atoms with Gasteiger partial charge in [0.2, 0.25) is 0 Å². The van der Waals surface area contributed by atoms with Gasteiger partial charge in [0.05, 0.1) is 15.6 Å². The fraction of sp³-hybridized carbons (Fsp3) is 0.211. The highest BCUT2D eigenvalue weighted by Gasteiger charge is 2.48. The number of hydrogen-bond acceptors (Lipinski definition) is 3. The maximum atomic E-state index is 13.6. The van der Waals surface area contributed by atoms with Crippen molar-refractivity contribution < 1.29 is 18.8 Å². The lowest BCUT2D eigenvalue weighted by molar-refractivity contribution is -0.132. The first-order valence-corrected chi connectivity index (χ1v) is 9.13. The van der Waals surface area contributed by atoms with Crippen molar-refractivity contribution in [3.05, 3.63) is 69.5 Å². The first kappa shape index (κ1) is 20.1. The molecule has 1 unspecified atom stereocenters. The van der Waals surface area contributed by atoms with Gasteiger partial charge < -0.3 is 5.32 Å². The predicted octanol–water partition coefficient (Wildman–Crippen LogP) is 3.72. The Balaban J connectivity index is 1.73. The number of urea groups is 1. The monoisotopic (exact) mass is 423 g/mol. The van der Waals surface area contributed by atoms with E-state index in [2.05, 4.69) is 10.7 Å². The van der Waals surface area contributed by atoms with E-state index >= 15 is 0 Å². The Morgan fingerprint density at radius 3 is 2.54 bits per heavy atom. The normalized spacial score (nSPS) is 18.9. The molecule has 2 N–H and O–H groups in total. The topological polar surface area (TPSA) is 78.5 Å². The zero-order chi connectivity index (χ0) is 20.5. The summed E-state index contributed by atoms with van der Waals surface area (Å²) in [6.07, 6.45) is 0.893. The van der Waals surface area contributed by atoms with Crippen molar-refractivity contribution in [2.45, 2.75) is 25.3 Å². The molecular formula is C19H16Cl2FN3O3. The number of amides is 4. The van der Waals surface area contributed by atoms with Crippen LogP contribution >= 0.6 is 23.2 Å². The summed E-state index contributed by atoms with van der Waals surface area (Å²) in [6.45, 7) is 1.58. The van der Waals surface area contributed by atoms with E-state index in [0.29, 0.717) is 17.9 Å². The molecule has 1 atom stereocenters. The Kier molecular flexibility index (Phi) is 5.58. The Morgan fingerprint density at radius 1 is 1.18 bits per heavy atom. The Hall–Kier alpha value is -2.64. The molecule has 6 nitrogen and oxygen atoms in total. The molecule has 0 radical (unpaired) electrons. The third-order valence-electron chi connectivity index (χ3n) is 4.49. The van der Waals surface area contributed by atoms with Crippen LogP contribution in [0.4, 0.5) is 9.18 Å². The molecule has 1 fully saturated rings. The van der Waals surface area contributed by atoms with Crippen LogP contribution in [0, 0.1) is 5.82 Å². The standard InChI is InChI=1S/C19H16Cl2FN3O3/c1-19(8-7-11-5-3-2-4-6-11)17(27)25(18(28)23-19)24-16(26)12-9-15(22)14(21)10-13(12)20/h2-6,9-10H,7-8H2,1H3,(H,23,28)(H,24,26). The number of halogens is 3. The molecule has 1 aliphatic heterocycles. The molecule has 1 saturated heterocycles. The summed E-state index contributed by atoms with van der Waals surface area (Å²) in [5, 5.41) is 2.81. The van der Waals surface area contributed by atoms with E-state index in [-0.39, 0.29) is 15.6 Å². The van der Waals surface area contributed by atoms with E-state index in [1.54, 1.807) is 6.92 Å². The van der Waals surface area contributed by atoms with E-state index in [1.807, 2.05) is 30.3 Å². The second-order valence-electron chi connectivity index (χ2n) is 6.58. The highest BCUT2D eigenvalue weighted by atomic mass is 35.5. The molecule has 0 aromatic heterocycles. The number of hydrogen-bond donors (Lipinski definition) is 2. The van der Waals surface area contributed by atoms with Crippen molar-refractivity contribution in [3.8, 4) is 0 Å². The molecule has 146 valence electrons. The second-order valence-corrected chi connectivity index (χ2v) is 7.39. The molecule has 28 heavy (non-hydrogen) atoms. The van der Waals surface area contributed by atoms with Gasteiger partial charge in [0.15, 0.2) is 0 Å². The highest BCUT2D eigenvalue weighted by Crippen LogP contribution is 2.26. The molecule has 2 aromatic carbocycles. The van der Waals surface area contributed by atoms with Crippen LogP contribution in [0.1, 0.15) is 29.3 Å². The molecule has 0 spiro atoms. The van der Waals surface area contributed by atoms with Crippen LogP contribution in [0.25, 0.3) is 0 Å². The molecule has 1 heterocycles. The van der Waals surface area contributed by atoms with Gasteiger partial charge in [-0.3, -0.25) is 15.0 Å². The third kappa shape index (κ3) is 3.95. The largest absolute Gasteiger partial charge is 0.344 e. The maximum absolute atomic E-state index is 13.6. The number of benzene rings is 2. The van der Waals surface area contributed by atoms with Crippen LogP contribution in [0.3, 0.4) is 0 Å². The van der Waals surface area contributed by atoms with Gasteiger partial charge in [0.1, 0.15) is 11.4 Å². The maximum Gasteiger partial charge on any atom is 0.344 e. The molecule has 3 rings (SSSR count). The van der Waals surface area contributed by atoms with E-state index in [4.69, 9.17) is 23.2 Å². The van der Waals surface area contributed by atoms with Gasteiger partial charge in [0.25, 0.3) is 11.8 Å². The predicted molar refractivity (Wildman–Crippen MR) is 102 cm³/mol. The molecular weight excluding hydrogens is 408 g/mol. The average Bonchev–Trinajstić information content (AvgIpc) is 2.87. The summed E-state index contributed by atoms with van der Waals surface area (Å²) in [5.74, 6) is -2.37. The minimum Gasteiger partial charge on any atom is -0.322 e. The summed E-state index contributed by atoms with van der Waals surface area (Å²) < 4.78 is 13.6. The van der Waals surface area contributed by atoms with Gasteiger partial charge in [-0.25, -0.2) is 9.18 Å². The lowest BCUT2D eigenvalue weighted by Crippen LogP contribution is -2.49. The van der Waals surface area contributed by atoms with Crippen molar-refractivity contribution in [2.24, 2.45) is 0 Å². The van der Waals surface area contributed by atoms with Gasteiger partial charge in [-0.1, -0.05) is 53.5 Å². The van der Waals surface area contributed by atoms with Crippen LogP contribution < -0.4 is 10.7 Å². The van der Waals surface area contributed by atoms with Crippen LogP contribution in [0.15, 0.2) is 42.5 Å². The Labute approximate surface area is 170 Å². The minimum atomic E-state index is -1.19. The zero-order valence-corrected chi connectivity index (χ0v) is 16.3. The molecule has 2 aromatic rings. The number of nitrogens with one attached hydrogen (secondary N) is 2. The first-order valence-electron chi connectivity index (χ1n) is 8.37. The van der Waals surface area contributed by atoms with Crippen LogP contribution in [0.2, 0.25) is 10.0 Å². The van der Waals surface area contributed by atoms with Crippen LogP contribution in [-0.2, 0) is 11.2 Å². The summed E-state index contributed by atoms with van der Waals surface area (Å²) in [5.41, 5.74) is 1.75. The van der Waals surface area contributed by atoms with Crippen molar-refractivity contribution in [2.75, 3.05) is 0 Å². The number of aryl methyl sites for hydroxylation is 1. The summed E-state index contributed by atoms with van der Waals surface area (Å²) in [6, 6.07) is 10.6. The third-order valence-corrected chi connectivity index (χ3v) is 5.09. The van der Waals surface area contributed by atoms with Gasteiger partial charge in [-0.2, -0.15) is 5.01 Å².